The van der Waals surface area contributed by atoms with Gasteiger partial charge in [0.1, 0.15) is 0 Å². The van der Waals surface area contributed by atoms with E-state index in [1.54, 1.807) is 0 Å². The van der Waals surface area contributed by atoms with Gasteiger partial charge in [0.15, 0.2) is 0 Å². The smallest absolute Gasteiger partial charge is 0.303 e. The third kappa shape index (κ3) is 6.77. The maximum absolute atomic E-state index is 11.1. The van der Waals surface area contributed by atoms with Crippen LogP contribution >= 0.6 is 0 Å². The van der Waals surface area contributed by atoms with E-state index in [0.29, 0.717) is 25.7 Å². The Kier molecular flexibility index (Phi) is 9.01. The number of carboxylic acids is 2. The summed E-state index contributed by atoms with van der Waals surface area (Å²) in [5.74, 6) is -1.65. The SMILES string of the molecule is CC(C)(C)[Si](OC(CCCC(=O)O)CCCC(=O)O)(c1ccccc1)c1ccccc1. The molecule has 2 rings (SSSR count). The summed E-state index contributed by atoms with van der Waals surface area (Å²) in [4.78, 5) is 22.1. The number of benzene rings is 2. The average Bonchev–Trinajstić information content (AvgIpc) is 2.71. The molecule has 0 spiro atoms. The van der Waals surface area contributed by atoms with Crippen molar-refractivity contribution in [3.63, 3.8) is 0 Å². The van der Waals surface area contributed by atoms with E-state index in [4.69, 9.17) is 14.6 Å². The minimum atomic E-state index is -2.76. The molecule has 5 nitrogen and oxygen atoms in total. The van der Waals surface area contributed by atoms with E-state index in [1.807, 2.05) is 36.4 Å². The van der Waals surface area contributed by atoms with Crippen molar-refractivity contribution < 1.29 is 24.2 Å². The highest BCUT2D eigenvalue weighted by atomic mass is 28.4. The van der Waals surface area contributed by atoms with E-state index in [-0.39, 0.29) is 24.0 Å². The highest BCUT2D eigenvalue weighted by Crippen LogP contribution is 2.38. The van der Waals surface area contributed by atoms with Crippen molar-refractivity contribution in [1.29, 1.82) is 0 Å². The van der Waals surface area contributed by atoms with Crippen molar-refractivity contribution in [2.24, 2.45) is 0 Å². The van der Waals surface area contributed by atoms with E-state index >= 15 is 0 Å². The van der Waals surface area contributed by atoms with Crippen LogP contribution in [0.5, 0.6) is 0 Å². The number of hydrogen-bond donors (Lipinski definition) is 2. The average molecular weight is 443 g/mol. The second kappa shape index (κ2) is 11.3. The standard InChI is InChI=1S/C25H34O5Si/c1-25(2,3)31(21-14-6-4-7-15-21,22-16-8-5-9-17-22)30-20(12-10-18-23(26)27)13-11-19-24(28)29/h4-9,14-17,20H,10-13,18-19H2,1-3H3,(H,26,27)(H,28,29). The Hall–Kier alpha value is -2.44. The molecule has 31 heavy (non-hydrogen) atoms. The summed E-state index contributed by atoms with van der Waals surface area (Å²) in [5, 5.41) is 20.3. The van der Waals surface area contributed by atoms with Crippen LogP contribution in [0.4, 0.5) is 0 Å². The molecule has 2 N–H and O–H groups in total. The van der Waals surface area contributed by atoms with Crippen molar-refractivity contribution in [1.82, 2.24) is 0 Å². The van der Waals surface area contributed by atoms with Crippen LogP contribution in [0.2, 0.25) is 5.04 Å². The zero-order valence-electron chi connectivity index (χ0n) is 18.7. The molecule has 0 aliphatic carbocycles. The first kappa shape index (κ1) is 24.8. The van der Waals surface area contributed by atoms with E-state index in [0.717, 1.165) is 10.4 Å². The summed E-state index contributed by atoms with van der Waals surface area (Å²) in [6, 6.07) is 20.6. The zero-order valence-corrected chi connectivity index (χ0v) is 19.7. The number of rotatable bonds is 12. The highest BCUT2D eigenvalue weighted by Gasteiger charge is 2.51. The molecule has 2 aromatic carbocycles. The Labute approximate surface area is 186 Å². The zero-order chi connectivity index (χ0) is 22.9. The Morgan fingerprint density at radius 2 is 1.19 bits per heavy atom. The van der Waals surface area contributed by atoms with Gasteiger partial charge in [-0.15, -0.1) is 0 Å². The van der Waals surface area contributed by atoms with E-state index < -0.39 is 20.3 Å². The van der Waals surface area contributed by atoms with Gasteiger partial charge in [-0.25, -0.2) is 0 Å². The summed E-state index contributed by atoms with van der Waals surface area (Å²) < 4.78 is 7.09. The third-order valence-electron chi connectivity index (χ3n) is 5.59. The summed E-state index contributed by atoms with van der Waals surface area (Å²) in [7, 11) is -2.76. The molecule has 0 aromatic heterocycles. The molecule has 0 amide bonds. The van der Waals surface area contributed by atoms with Gasteiger partial charge in [-0.1, -0.05) is 81.4 Å². The molecule has 0 saturated carbocycles. The molecule has 0 bridgehead atoms. The third-order valence-corrected chi connectivity index (χ3v) is 10.7. The lowest BCUT2D eigenvalue weighted by molar-refractivity contribution is -0.138. The number of aliphatic carboxylic acids is 2. The molecule has 0 atom stereocenters. The van der Waals surface area contributed by atoms with Crippen LogP contribution < -0.4 is 10.4 Å². The maximum atomic E-state index is 11.1. The summed E-state index contributed by atoms with van der Waals surface area (Å²) in [6.07, 6.45) is 2.16. The van der Waals surface area contributed by atoms with Gasteiger partial charge in [0.2, 0.25) is 0 Å². The van der Waals surface area contributed by atoms with Gasteiger partial charge >= 0.3 is 11.9 Å². The first-order chi connectivity index (χ1) is 14.7. The van der Waals surface area contributed by atoms with Crippen LogP contribution in [0.3, 0.4) is 0 Å². The molecule has 0 heterocycles. The van der Waals surface area contributed by atoms with Crippen molar-refractivity contribution in [2.75, 3.05) is 0 Å². The second-order valence-corrected chi connectivity index (χ2v) is 13.2. The predicted molar refractivity (Wildman–Crippen MR) is 125 cm³/mol. The lowest BCUT2D eigenvalue weighted by Gasteiger charge is -2.45. The molecule has 0 unspecified atom stereocenters. The second-order valence-electron chi connectivity index (χ2n) is 8.98. The normalized spacial score (nSPS) is 12.1. The number of carboxylic acid groups (broad SMARTS) is 2. The summed E-state index contributed by atoms with van der Waals surface area (Å²) >= 11 is 0. The molecule has 2 aromatic rings. The van der Waals surface area contributed by atoms with Crippen LogP contribution in [-0.2, 0) is 14.0 Å². The Bertz CT molecular complexity index is 770. The summed E-state index contributed by atoms with van der Waals surface area (Å²) in [6.45, 7) is 6.60. The van der Waals surface area contributed by atoms with Gasteiger partial charge in [0.05, 0.1) is 0 Å². The van der Waals surface area contributed by atoms with Crippen molar-refractivity contribution >= 4 is 30.6 Å². The van der Waals surface area contributed by atoms with Crippen molar-refractivity contribution in [3.05, 3.63) is 60.7 Å². The fourth-order valence-corrected chi connectivity index (χ4v) is 8.92. The van der Waals surface area contributed by atoms with Crippen LogP contribution in [0.1, 0.15) is 59.3 Å². The van der Waals surface area contributed by atoms with E-state index in [2.05, 4.69) is 45.0 Å². The van der Waals surface area contributed by atoms with Crippen LogP contribution in [-0.4, -0.2) is 36.6 Å². The van der Waals surface area contributed by atoms with E-state index in [1.165, 1.54) is 0 Å². The number of hydrogen-bond acceptors (Lipinski definition) is 3. The van der Waals surface area contributed by atoms with Crippen LogP contribution in [0, 0.1) is 0 Å². The minimum Gasteiger partial charge on any atom is -0.481 e. The molecule has 0 aliphatic rings. The molecule has 0 aliphatic heterocycles. The van der Waals surface area contributed by atoms with Crippen LogP contribution in [0.25, 0.3) is 0 Å². The summed E-state index contributed by atoms with van der Waals surface area (Å²) in [5.41, 5.74) is 0. The highest BCUT2D eigenvalue weighted by molar-refractivity contribution is 6.99. The molecular formula is C25H34O5Si. The van der Waals surface area contributed by atoms with E-state index in [9.17, 15) is 9.59 Å². The molecule has 168 valence electrons. The fourth-order valence-electron chi connectivity index (χ4n) is 4.17. The molecule has 0 saturated heterocycles. The lowest BCUT2D eigenvalue weighted by Crippen LogP contribution is -2.67. The minimum absolute atomic E-state index is 0.0829. The lowest BCUT2D eigenvalue weighted by atomic mass is 10.1. The van der Waals surface area contributed by atoms with Crippen molar-refractivity contribution in [3.8, 4) is 0 Å². The van der Waals surface area contributed by atoms with Gasteiger partial charge in [-0.3, -0.25) is 9.59 Å². The predicted octanol–water partition coefficient (Wildman–Crippen LogP) is 4.44. The number of carbonyl (C=O) groups is 2. The molecule has 6 heteroatoms. The monoisotopic (exact) mass is 442 g/mol. The van der Waals surface area contributed by atoms with Crippen molar-refractivity contribution in [2.45, 2.75) is 70.4 Å². The van der Waals surface area contributed by atoms with Gasteiger partial charge in [-0.2, -0.15) is 0 Å². The Balaban J connectivity index is 2.48. The molecule has 0 radical (unpaired) electrons. The molecular weight excluding hydrogens is 408 g/mol. The fraction of sp³-hybridized carbons (Fsp3) is 0.440. The molecule has 0 fully saturated rings. The maximum Gasteiger partial charge on any atom is 0.303 e. The van der Waals surface area contributed by atoms with Gasteiger partial charge in [0.25, 0.3) is 8.32 Å². The van der Waals surface area contributed by atoms with Crippen LogP contribution in [0.15, 0.2) is 60.7 Å². The van der Waals surface area contributed by atoms with Gasteiger partial charge < -0.3 is 14.6 Å². The Morgan fingerprint density at radius 3 is 1.52 bits per heavy atom. The van der Waals surface area contributed by atoms with Gasteiger partial charge in [-0.05, 0) is 41.1 Å². The topological polar surface area (TPSA) is 83.8 Å². The largest absolute Gasteiger partial charge is 0.481 e. The van der Waals surface area contributed by atoms with Gasteiger partial charge in [0, 0.05) is 18.9 Å². The Morgan fingerprint density at radius 1 is 0.806 bits per heavy atom. The first-order valence-electron chi connectivity index (χ1n) is 10.9. The quantitative estimate of drug-likeness (QED) is 0.475. The first-order valence-corrected chi connectivity index (χ1v) is 12.8.